The van der Waals surface area contributed by atoms with Gasteiger partial charge in [-0.15, -0.1) is 5.10 Å². The second-order valence-electron chi connectivity index (χ2n) is 7.62. The fourth-order valence-electron chi connectivity index (χ4n) is 4.51. The van der Waals surface area contributed by atoms with E-state index in [0.29, 0.717) is 44.0 Å². The summed E-state index contributed by atoms with van der Waals surface area (Å²) in [4.78, 5) is 13.7. The Hall–Kier alpha value is -3.97. The van der Waals surface area contributed by atoms with Crippen molar-refractivity contribution in [2.75, 3.05) is 19.5 Å². The molecule has 1 aromatic heterocycles. The lowest BCUT2D eigenvalue weighted by molar-refractivity contribution is -0.118. The summed E-state index contributed by atoms with van der Waals surface area (Å²) in [6.45, 7) is 1.91. The SMILES string of the molecule is COc1ccc(-c2[nH]nc3c2[C@]2(C(=O)Nc4ccc(C)c(Br)c42)C(C#N)=C(N)O3)cc1OC. The number of halogens is 1. The third-order valence-electron chi connectivity index (χ3n) is 6.02. The van der Waals surface area contributed by atoms with Crippen LogP contribution < -0.4 is 25.3 Å². The molecule has 33 heavy (non-hydrogen) atoms. The number of aromatic nitrogens is 2. The van der Waals surface area contributed by atoms with Gasteiger partial charge in [0.1, 0.15) is 17.1 Å². The molecule has 0 saturated heterocycles. The molecule has 2 aromatic carbocycles. The highest BCUT2D eigenvalue weighted by atomic mass is 79.9. The van der Waals surface area contributed by atoms with Gasteiger partial charge in [-0.25, -0.2) is 0 Å². The zero-order valence-corrected chi connectivity index (χ0v) is 19.5. The summed E-state index contributed by atoms with van der Waals surface area (Å²) in [5.74, 6) is 0.563. The number of nitrogens with zero attached hydrogens (tertiary/aromatic N) is 2. The molecule has 0 saturated carbocycles. The Morgan fingerprint density at radius 3 is 2.64 bits per heavy atom. The smallest absolute Gasteiger partial charge is 0.245 e. The number of hydrogen-bond acceptors (Lipinski definition) is 7. The molecule has 9 nitrogen and oxygen atoms in total. The molecule has 0 aliphatic carbocycles. The number of aryl methyl sites for hydroxylation is 1. The number of ether oxygens (including phenoxy) is 3. The lowest BCUT2D eigenvalue weighted by Gasteiger charge is -2.32. The van der Waals surface area contributed by atoms with Crippen LogP contribution in [0, 0.1) is 18.3 Å². The Kier molecular flexibility index (Phi) is 4.61. The van der Waals surface area contributed by atoms with E-state index in [1.165, 1.54) is 7.11 Å². The van der Waals surface area contributed by atoms with Crippen LogP contribution in [-0.2, 0) is 10.2 Å². The van der Waals surface area contributed by atoms with E-state index >= 15 is 0 Å². The van der Waals surface area contributed by atoms with Gasteiger partial charge in [0.15, 0.2) is 11.5 Å². The van der Waals surface area contributed by atoms with Crippen molar-refractivity contribution in [3.05, 3.63) is 63.0 Å². The molecule has 0 unspecified atom stereocenters. The first-order valence-corrected chi connectivity index (χ1v) is 10.7. The van der Waals surface area contributed by atoms with Crippen LogP contribution >= 0.6 is 15.9 Å². The quantitative estimate of drug-likeness (QED) is 0.493. The number of nitrogens with one attached hydrogen (secondary N) is 2. The van der Waals surface area contributed by atoms with Crippen LogP contribution in [0.3, 0.4) is 0 Å². The van der Waals surface area contributed by atoms with Crippen LogP contribution in [0.15, 0.2) is 46.3 Å². The fourth-order valence-corrected chi connectivity index (χ4v) is 5.15. The standard InChI is InChI=1S/C23H18BrN5O4/c1-10-4-6-13-16(18(10)24)23(22(30)27-13)12(9-25)20(26)33-21-17(23)19(28-29-21)11-5-7-14(31-2)15(8-11)32-3/h4-8H,26H2,1-3H3,(H,27,30)(H,28,29)/t23-/m0/s1. The van der Waals surface area contributed by atoms with E-state index in [2.05, 4.69) is 37.5 Å². The highest BCUT2D eigenvalue weighted by Gasteiger charge is 2.59. The summed E-state index contributed by atoms with van der Waals surface area (Å²) in [6, 6.07) is 11.1. The van der Waals surface area contributed by atoms with Gasteiger partial charge in [-0.1, -0.05) is 22.0 Å². The van der Waals surface area contributed by atoms with Gasteiger partial charge in [-0.3, -0.25) is 9.89 Å². The maximum absolute atomic E-state index is 13.7. The molecule has 5 rings (SSSR count). The molecule has 3 aromatic rings. The highest BCUT2D eigenvalue weighted by molar-refractivity contribution is 9.10. The number of fused-ring (bicyclic) bond motifs is 4. The number of rotatable bonds is 3. The van der Waals surface area contributed by atoms with Crippen LogP contribution in [0.2, 0.25) is 0 Å². The molecule has 2 aliphatic rings. The predicted octanol–water partition coefficient (Wildman–Crippen LogP) is 3.49. The lowest BCUT2D eigenvalue weighted by Crippen LogP contribution is -2.42. The molecule has 4 N–H and O–H groups in total. The molecular weight excluding hydrogens is 490 g/mol. The lowest BCUT2D eigenvalue weighted by atomic mass is 9.68. The van der Waals surface area contributed by atoms with Gasteiger partial charge in [-0.2, -0.15) is 5.26 Å². The first-order chi connectivity index (χ1) is 15.9. The number of anilines is 1. The van der Waals surface area contributed by atoms with Gasteiger partial charge in [0.2, 0.25) is 17.7 Å². The van der Waals surface area contributed by atoms with Gasteiger partial charge in [0.05, 0.1) is 25.5 Å². The Morgan fingerprint density at radius 2 is 1.94 bits per heavy atom. The minimum Gasteiger partial charge on any atom is -0.493 e. The number of carbonyl (C=O) groups excluding carboxylic acids is 1. The molecular formula is C23H18BrN5O4. The first kappa shape index (κ1) is 20.9. The Labute approximate surface area is 197 Å². The van der Waals surface area contributed by atoms with Crippen molar-refractivity contribution in [1.82, 2.24) is 10.2 Å². The van der Waals surface area contributed by atoms with Crippen molar-refractivity contribution in [1.29, 1.82) is 5.26 Å². The first-order valence-electron chi connectivity index (χ1n) is 9.88. The van der Waals surface area contributed by atoms with Crippen molar-refractivity contribution in [3.63, 3.8) is 0 Å². The summed E-state index contributed by atoms with van der Waals surface area (Å²) in [5.41, 5.74) is 8.16. The van der Waals surface area contributed by atoms with E-state index in [1.54, 1.807) is 31.4 Å². The average molecular weight is 508 g/mol. The predicted molar refractivity (Wildman–Crippen MR) is 123 cm³/mol. The van der Waals surface area contributed by atoms with E-state index in [4.69, 9.17) is 19.9 Å². The molecule has 3 heterocycles. The second-order valence-corrected chi connectivity index (χ2v) is 8.42. The van der Waals surface area contributed by atoms with Gasteiger partial charge < -0.3 is 25.3 Å². The van der Waals surface area contributed by atoms with E-state index < -0.39 is 11.3 Å². The number of hydrogen-bond donors (Lipinski definition) is 3. The van der Waals surface area contributed by atoms with Crippen LogP contribution in [0.25, 0.3) is 11.3 Å². The molecule has 1 spiro atoms. The summed E-state index contributed by atoms with van der Waals surface area (Å²) < 4.78 is 17.2. The topological polar surface area (TPSA) is 135 Å². The summed E-state index contributed by atoms with van der Waals surface area (Å²) >= 11 is 3.64. The molecule has 0 bridgehead atoms. The van der Waals surface area contributed by atoms with Crippen molar-refractivity contribution in [2.24, 2.45) is 5.73 Å². The number of amides is 1. The van der Waals surface area contributed by atoms with E-state index in [0.717, 1.165) is 5.56 Å². The van der Waals surface area contributed by atoms with Gasteiger partial charge in [0, 0.05) is 21.3 Å². The monoisotopic (exact) mass is 507 g/mol. The van der Waals surface area contributed by atoms with Crippen molar-refractivity contribution in [3.8, 4) is 34.7 Å². The van der Waals surface area contributed by atoms with E-state index in [-0.39, 0.29) is 17.3 Å². The number of methoxy groups -OCH3 is 2. The number of nitriles is 1. The molecule has 2 aliphatic heterocycles. The normalized spacial score (nSPS) is 18.3. The van der Waals surface area contributed by atoms with Crippen molar-refractivity contribution >= 4 is 27.5 Å². The number of H-pyrrole nitrogens is 1. The Balaban J connectivity index is 1.88. The molecule has 166 valence electrons. The highest BCUT2D eigenvalue weighted by Crippen LogP contribution is 2.57. The maximum atomic E-state index is 13.7. The molecule has 0 fully saturated rings. The van der Waals surface area contributed by atoms with E-state index in [9.17, 15) is 10.1 Å². The minimum atomic E-state index is -1.57. The molecule has 0 radical (unpaired) electrons. The molecule has 1 atom stereocenters. The van der Waals surface area contributed by atoms with Gasteiger partial charge >= 0.3 is 0 Å². The summed E-state index contributed by atoms with van der Waals surface area (Å²) in [6.07, 6.45) is 0. The van der Waals surface area contributed by atoms with Gasteiger partial charge in [-0.05, 0) is 36.8 Å². The fraction of sp³-hybridized carbons (Fsp3) is 0.174. The minimum absolute atomic E-state index is 0.0133. The molecule has 1 amide bonds. The Morgan fingerprint density at radius 1 is 1.18 bits per heavy atom. The van der Waals surface area contributed by atoms with Crippen LogP contribution in [0.1, 0.15) is 16.7 Å². The average Bonchev–Trinajstić information content (AvgIpc) is 3.36. The number of carbonyl (C=O) groups is 1. The second kappa shape index (κ2) is 7.28. The van der Waals surface area contributed by atoms with Crippen LogP contribution in [-0.4, -0.2) is 30.3 Å². The zero-order chi connectivity index (χ0) is 23.5. The number of benzene rings is 2. The Bertz CT molecular complexity index is 1420. The number of nitrogens with two attached hydrogens (primary N) is 1. The van der Waals surface area contributed by atoms with Crippen LogP contribution in [0.5, 0.6) is 17.4 Å². The van der Waals surface area contributed by atoms with Crippen molar-refractivity contribution in [2.45, 2.75) is 12.3 Å². The number of aromatic amines is 1. The third-order valence-corrected chi connectivity index (χ3v) is 7.04. The third kappa shape index (κ3) is 2.63. The maximum Gasteiger partial charge on any atom is 0.245 e. The van der Waals surface area contributed by atoms with Crippen molar-refractivity contribution < 1.29 is 19.0 Å². The van der Waals surface area contributed by atoms with E-state index in [1.807, 2.05) is 13.0 Å². The summed E-state index contributed by atoms with van der Waals surface area (Å²) in [7, 11) is 3.08. The van der Waals surface area contributed by atoms with Gasteiger partial charge in [0.25, 0.3) is 0 Å². The summed E-state index contributed by atoms with van der Waals surface area (Å²) in [5, 5.41) is 20.3. The largest absolute Gasteiger partial charge is 0.493 e. The molecule has 10 heteroatoms. The van der Waals surface area contributed by atoms with Crippen LogP contribution in [0.4, 0.5) is 5.69 Å². The zero-order valence-electron chi connectivity index (χ0n) is 17.9.